The molecule has 1 N–H and O–H groups in total. The van der Waals surface area contributed by atoms with E-state index in [1.165, 1.54) is 0 Å². The van der Waals surface area contributed by atoms with Crippen LogP contribution in [0.5, 0.6) is 0 Å². The molecule has 1 atom stereocenters. The van der Waals surface area contributed by atoms with Crippen molar-refractivity contribution in [1.29, 1.82) is 0 Å². The minimum Gasteiger partial charge on any atom is -0.336 e. The molecule has 66 valence electrons. The first kappa shape index (κ1) is 8.31. The Bertz CT molecular complexity index is 231. The Morgan fingerprint density at radius 3 is 3.00 bits per heavy atom. The van der Waals surface area contributed by atoms with E-state index in [0.717, 1.165) is 23.0 Å². The van der Waals surface area contributed by atoms with Crippen LogP contribution < -0.4 is 5.32 Å². The first-order valence-electron chi connectivity index (χ1n) is 4.00. The van der Waals surface area contributed by atoms with E-state index >= 15 is 0 Å². The number of hydrogen-bond acceptors (Lipinski definition) is 3. The van der Waals surface area contributed by atoms with E-state index in [9.17, 15) is 4.79 Å². The Morgan fingerprint density at radius 1 is 1.67 bits per heavy atom. The lowest BCUT2D eigenvalue weighted by atomic mass is 10.3. The summed E-state index contributed by atoms with van der Waals surface area (Å²) in [6.07, 6.45) is 1.73. The summed E-state index contributed by atoms with van der Waals surface area (Å²) in [7, 11) is 0. The molecule has 3 nitrogen and oxygen atoms in total. The highest BCUT2D eigenvalue weighted by atomic mass is 32.2. The van der Waals surface area contributed by atoms with Crippen molar-refractivity contribution < 1.29 is 4.79 Å². The molecule has 1 amide bonds. The summed E-state index contributed by atoms with van der Waals surface area (Å²) in [6, 6.07) is 0. The fraction of sp³-hybridized carbons (Fsp3) is 0.714. The molecule has 0 radical (unpaired) electrons. The second-order valence-corrected chi connectivity index (χ2v) is 4.66. The summed E-state index contributed by atoms with van der Waals surface area (Å²) >= 11 is 6.85. The molecule has 0 aromatic rings. The van der Waals surface area contributed by atoms with Crippen LogP contribution in [-0.2, 0) is 4.79 Å². The lowest BCUT2D eigenvalue weighted by Gasteiger charge is -2.24. The maximum Gasteiger partial charge on any atom is 0.221 e. The van der Waals surface area contributed by atoms with Crippen LogP contribution in [0.1, 0.15) is 12.8 Å². The standard InChI is InChI=1S/C7H10N2OS2/c10-6-2-1-5(8-6)9-3-4-12-7(9)11/h5H,1-4H2,(H,8,10). The molecule has 2 aliphatic rings. The number of amides is 1. The second kappa shape index (κ2) is 3.22. The van der Waals surface area contributed by atoms with Crippen molar-refractivity contribution in [3.05, 3.63) is 0 Å². The van der Waals surface area contributed by atoms with Crippen molar-refractivity contribution in [3.63, 3.8) is 0 Å². The number of carbonyl (C=O) groups is 1. The Kier molecular flexibility index (Phi) is 2.23. The highest BCUT2D eigenvalue weighted by molar-refractivity contribution is 8.23. The van der Waals surface area contributed by atoms with Crippen LogP contribution in [0.15, 0.2) is 0 Å². The Balaban J connectivity index is 2.00. The number of rotatable bonds is 1. The molecular formula is C7H10N2OS2. The number of hydrogen-bond donors (Lipinski definition) is 1. The van der Waals surface area contributed by atoms with Gasteiger partial charge in [0.2, 0.25) is 5.91 Å². The molecular weight excluding hydrogens is 192 g/mol. The summed E-state index contributed by atoms with van der Waals surface area (Å²) in [5.41, 5.74) is 0. The zero-order chi connectivity index (χ0) is 8.55. The lowest BCUT2D eigenvalue weighted by Crippen LogP contribution is -2.42. The van der Waals surface area contributed by atoms with E-state index < -0.39 is 0 Å². The zero-order valence-corrected chi connectivity index (χ0v) is 8.21. The number of carbonyl (C=O) groups excluding carboxylic acids is 1. The average molecular weight is 202 g/mol. The van der Waals surface area contributed by atoms with E-state index in [1.807, 2.05) is 0 Å². The van der Waals surface area contributed by atoms with Gasteiger partial charge < -0.3 is 10.2 Å². The molecule has 2 rings (SSSR count). The van der Waals surface area contributed by atoms with Gasteiger partial charge in [-0.2, -0.15) is 0 Å². The predicted molar refractivity (Wildman–Crippen MR) is 52.9 cm³/mol. The predicted octanol–water partition coefficient (Wildman–Crippen LogP) is 0.556. The normalized spacial score (nSPS) is 29.7. The minimum absolute atomic E-state index is 0.153. The van der Waals surface area contributed by atoms with Crippen LogP contribution in [0.25, 0.3) is 0 Å². The maximum absolute atomic E-state index is 10.9. The Labute approximate surface area is 80.9 Å². The van der Waals surface area contributed by atoms with E-state index in [1.54, 1.807) is 11.8 Å². The summed E-state index contributed by atoms with van der Waals surface area (Å²) in [5.74, 6) is 1.21. The molecule has 5 heteroatoms. The van der Waals surface area contributed by atoms with Gasteiger partial charge in [0.25, 0.3) is 0 Å². The monoisotopic (exact) mass is 202 g/mol. The number of nitrogens with zero attached hydrogens (tertiary/aromatic N) is 1. The van der Waals surface area contributed by atoms with Gasteiger partial charge >= 0.3 is 0 Å². The van der Waals surface area contributed by atoms with Gasteiger partial charge in [0.15, 0.2) is 0 Å². The van der Waals surface area contributed by atoms with E-state index in [2.05, 4.69) is 10.2 Å². The van der Waals surface area contributed by atoms with Gasteiger partial charge in [0.1, 0.15) is 10.5 Å². The third-order valence-corrected chi connectivity index (χ3v) is 3.60. The molecule has 0 spiro atoms. The summed E-state index contributed by atoms with van der Waals surface area (Å²) in [5, 5.41) is 2.91. The van der Waals surface area contributed by atoms with Gasteiger partial charge in [-0.1, -0.05) is 24.0 Å². The number of thiocarbonyl (C=S) groups is 1. The molecule has 2 saturated heterocycles. The quantitative estimate of drug-likeness (QED) is 0.630. The van der Waals surface area contributed by atoms with Gasteiger partial charge in [0.05, 0.1) is 0 Å². The van der Waals surface area contributed by atoms with E-state index in [-0.39, 0.29) is 12.1 Å². The van der Waals surface area contributed by atoms with Crippen LogP contribution in [0, 0.1) is 0 Å². The third kappa shape index (κ3) is 1.43. The van der Waals surface area contributed by atoms with E-state index in [4.69, 9.17) is 12.2 Å². The van der Waals surface area contributed by atoms with Crippen molar-refractivity contribution in [2.24, 2.45) is 0 Å². The first-order chi connectivity index (χ1) is 5.77. The van der Waals surface area contributed by atoms with Crippen molar-refractivity contribution in [1.82, 2.24) is 10.2 Å². The smallest absolute Gasteiger partial charge is 0.221 e. The number of thioether (sulfide) groups is 1. The molecule has 1 unspecified atom stereocenters. The molecule has 2 aliphatic heterocycles. The van der Waals surface area contributed by atoms with Crippen LogP contribution in [0.3, 0.4) is 0 Å². The van der Waals surface area contributed by atoms with Crippen molar-refractivity contribution in [2.45, 2.75) is 19.0 Å². The first-order valence-corrected chi connectivity index (χ1v) is 5.39. The maximum atomic E-state index is 10.9. The highest BCUT2D eigenvalue weighted by Gasteiger charge is 2.30. The fourth-order valence-electron chi connectivity index (χ4n) is 1.52. The van der Waals surface area contributed by atoms with E-state index in [0.29, 0.717) is 6.42 Å². The molecule has 2 fully saturated rings. The molecule has 2 heterocycles. The second-order valence-electron chi connectivity index (χ2n) is 2.93. The highest BCUT2D eigenvalue weighted by Crippen LogP contribution is 2.23. The van der Waals surface area contributed by atoms with Gasteiger partial charge in [-0.05, 0) is 6.42 Å². The van der Waals surface area contributed by atoms with Gasteiger partial charge in [-0.3, -0.25) is 4.79 Å². The number of nitrogens with one attached hydrogen (secondary N) is 1. The van der Waals surface area contributed by atoms with Gasteiger partial charge in [-0.25, -0.2) is 0 Å². The Morgan fingerprint density at radius 2 is 2.50 bits per heavy atom. The van der Waals surface area contributed by atoms with Crippen molar-refractivity contribution >= 4 is 34.2 Å². The lowest BCUT2D eigenvalue weighted by molar-refractivity contribution is -0.119. The van der Waals surface area contributed by atoms with Crippen molar-refractivity contribution in [2.75, 3.05) is 12.3 Å². The van der Waals surface area contributed by atoms with Gasteiger partial charge in [0, 0.05) is 18.7 Å². The Hall–Kier alpha value is -0.290. The minimum atomic E-state index is 0.153. The fourth-order valence-corrected chi connectivity index (χ4v) is 2.84. The van der Waals surface area contributed by atoms with Crippen molar-refractivity contribution in [3.8, 4) is 0 Å². The zero-order valence-electron chi connectivity index (χ0n) is 6.58. The summed E-state index contributed by atoms with van der Waals surface area (Å²) in [6.45, 7) is 0.981. The largest absolute Gasteiger partial charge is 0.336 e. The van der Waals surface area contributed by atoms with Gasteiger partial charge in [-0.15, -0.1) is 0 Å². The van der Waals surface area contributed by atoms with Crippen LogP contribution in [-0.4, -0.2) is 33.6 Å². The van der Waals surface area contributed by atoms with Crippen LogP contribution >= 0.6 is 24.0 Å². The average Bonchev–Trinajstić information content (AvgIpc) is 2.58. The molecule has 12 heavy (non-hydrogen) atoms. The summed E-state index contributed by atoms with van der Waals surface area (Å²) in [4.78, 5) is 13.0. The third-order valence-electron chi connectivity index (χ3n) is 2.14. The molecule has 0 aliphatic carbocycles. The topological polar surface area (TPSA) is 32.3 Å². The SMILES string of the molecule is O=C1CCC(N2CCSC2=S)N1. The van der Waals surface area contributed by atoms with Crippen LogP contribution in [0.4, 0.5) is 0 Å². The van der Waals surface area contributed by atoms with Crippen LogP contribution in [0.2, 0.25) is 0 Å². The summed E-state index contributed by atoms with van der Waals surface area (Å²) < 4.78 is 0.933. The molecule has 0 saturated carbocycles. The molecule has 0 aromatic carbocycles. The molecule has 0 bridgehead atoms. The molecule has 0 aromatic heterocycles.